The van der Waals surface area contributed by atoms with E-state index in [1.165, 1.54) is 0 Å². The van der Waals surface area contributed by atoms with Crippen LogP contribution >= 0.6 is 0 Å². The molecule has 0 aliphatic carbocycles. The third-order valence-corrected chi connectivity index (χ3v) is 2.94. The molecule has 0 saturated carbocycles. The summed E-state index contributed by atoms with van der Waals surface area (Å²) in [6.07, 6.45) is 1.95. The molecule has 0 fully saturated rings. The highest BCUT2D eigenvalue weighted by Gasteiger charge is 2.15. The predicted molar refractivity (Wildman–Crippen MR) is 74.9 cm³/mol. The van der Waals surface area contributed by atoms with Crippen LogP contribution in [0, 0.1) is 13.8 Å². The van der Waals surface area contributed by atoms with Gasteiger partial charge in [-0.2, -0.15) is 0 Å². The maximum absolute atomic E-state index is 11.8. The topological polar surface area (TPSA) is 38.3 Å². The van der Waals surface area contributed by atoms with Crippen LogP contribution in [0.25, 0.3) is 0 Å². The fourth-order valence-corrected chi connectivity index (χ4v) is 1.76. The molecule has 0 heterocycles. The minimum Gasteiger partial charge on any atom is -0.464 e. The van der Waals surface area contributed by atoms with Gasteiger partial charge in [0.25, 0.3) is 0 Å². The first kappa shape index (κ1) is 14.6. The molecule has 1 aromatic rings. The predicted octanol–water partition coefficient (Wildman–Crippen LogP) is 3.45. The number of hydrogen-bond acceptors (Lipinski definition) is 3. The lowest BCUT2D eigenvalue weighted by atomic mass is 10.1. The van der Waals surface area contributed by atoms with Gasteiger partial charge >= 0.3 is 5.97 Å². The van der Waals surface area contributed by atoms with Crippen molar-refractivity contribution in [3.8, 4) is 0 Å². The van der Waals surface area contributed by atoms with Crippen molar-refractivity contribution in [1.82, 2.24) is 0 Å². The Morgan fingerprint density at radius 1 is 1.33 bits per heavy atom. The van der Waals surface area contributed by atoms with Crippen molar-refractivity contribution in [3.05, 3.63) is 29.3 Å². The maximum atomic E-state index is 11.8. The van der Waals surface area contributed by atoms with Crippen LogP contribution in [0.2, 0.25) is 0 Å². The Morgan fingerprint density at radius 3 is 2.50 bits per heavy atom. The summed E-state index contributed by atoms with van der Waals surface area (Å²) in [5, 5.41) is 3.23. The summed E-state index contributed by atoms with van der Waals surface area (Å²) in [7, 11) is 0. The van der Waals surface area contributed by atoms with E-state index in [1.54, 1.807) is 0 Å². The Morgan fingerprint density at radius 2 is 1.94 bits per heavy atom. The minimum atomic E-state index is -0.318. The van der Waals surface area contributed by atoms with Crippen LogP contribution in [0.3, 0.4) is 0 Å². The first-order chi connectivity index (χ1) is 8.56. The molecule has 100 valence electrons. The van der Waals surface area contributed by atoms with Gasteiger partial charge in [-0.05, 0) is 38.3 Å². The monoisotopic (exact) mass is 249 g/mol. The van der Waals surface area contributed by atoms with Crippen molar-refractivity contribution in [1.29, 1.82) is 0 Å². The van der Waals surface area contributed by atoms with E-state index in [1.807, 2.05) is 39.0 Å². The number of anilines is 1. The van der Waals surface area contributed by atoms with Crippen LogP contribution in [0.15, 0.2) is 18.2 Å². The SMILES string of the molecule is CCCCOC(=O)C(C)Nc1c(C)cccc1C. The standard InChI is InChI=1S/C15H23NO2/c1-5-6-10-18-15(17)13(4)16-14-11(2)8-7-9-12(14)3/h7-9,13,16H,5-6,10H2,1-4H3. The van der Waals surface area contributed by atoms with E-state index >= 15 is 0 Å². The number of hydrogen-bond donors (Lipinski definition) is 1. The number of esters is 1. The number of para-hydroxylation sites is 1. The number of rotatable bonds is 6. The van der Waals surface area contributed by atoms with Gasteiger partial charge in [0.1, 0.15) is 6.04 Å². The summed E-state index contributed by atoms with van der Waals surface area (Å²) in [6.45, 7) is 8.48. The molecule has 1 atom stereocenters. The van der Waals surface area contributed by atoms with Gasteiger partial charge in [-0.1, -0.05) is 31.5 Å². The zero-order valence-corrected chi connectivity index (χ0v) is 11.7. The van der Waals surface area contributed by atoms with Gasteiger partial charge < -0.3 is 10.1 Å². The molecule has 0 spiro atoms. The zero-order chi connectivity index (χ0) is 13.5. The Hall–Kier alpha value is -1.51. The second-order valence-corrected chi connectivity index (χ2v) is 4.65. The zero-order valence-electron chi connectivity index (χ0n) is 11.7. The highest BCUT2D eigenvalue weighted by molar-refractivity contribution is 5.79. The third-order valence-electron chi connectivity index (χ3n) is 2.94. The van der Waals surface area contributed by atoms with Gasteiger partial charge in [-0.3, -0.25) is 0 Å². The van der Waals surface area contributed by atoms with Crippen molar-refractivity contribution >= 4 is 11.7 Å². The summed E-state index contributed by atoms with van der Waals surface area (Å²) in [4.78, 5) is 11.8. The second kappa shape index (κ2) is 7.04. The number of carbonyl (C=O) groups excluding carboxylic acids is 1. The van der Waals surface area contributed by atoms with Crippen molar-refractivity contribution in [2.24, 2.45) is 0 Å². The molecule has 0 amide bonds. The molecule has 0 aliphatic heterocycles. The average Bonchev–Trinajstić information content (AvgIpc) is 2.34. The maximum Gasteiger partial charge on any atom is 0.328 e. The second-order valence-electron chi connectivity index (χ2n) is 4.65. The number of ether oxygens (including phenoxy) is 1. The van der Waals surface area contributed by atoms with Crippen LogP contribution < -0.4 is 5.32 Å². The highest BCUT2D eigenvalue weighted by Crippen LogP contribution is 2.20. The fourth-order valence-electron chi connectivity index (χ4n) is 1.76. The summed E-state index contributed by atoms with van der Waals surface area (Å²) in [6, 6.07) is 5.76. The molecular weight excluding hydrogens is 226 g/mol. The van der Waals surface area contributed by atoms with E-state index in [0.717, 1.165) is 29.7 Å². The molecule has 0 bridgehead atoms. The molecule has 0 aliphatic rings. The van der Waals surface area contributed by atoms with Gasteiger partial charge in [0.15, 0.2) is 0 Å². The van der Waals surface area contributed by atoms with Crippen molar-refractivity contribution in [2.75, 3.05) is 11.9 Å². The summed E-state index contributed by atoms with van der Waals surface area (Å²) >= 11 is 0. The largest absolute Gasteiger partial charge is 0.464 e. The Labute approximate surface area is 110 Å². The van der Waals surface area contributed by atoms with Gasteiger partial charge in [-0.15, -0.1) is 0 Å². The average molecular weight is 249 g/mol. The fraction of sp³-hybridized carbons (Fsp3) is 0.533. The summed E-state index contributed by atoms with van der Waals surface area (Å²) in [5.74, 6) is -0.189. The molecule has 18 heavy (non-hydrogen) atoms. The van der Waals surface area contributed by atoms with E-state index < -0.39 is 0 Å². The lowest BCUT2D eigenvalue weighted by Crippen LogP contribution is -2.29. The molecule has 1 aromatic carbocycles. The van der Waals surface area contributed by atoms with Crippen molar-refractivity contribution in [2.45, 2.75) is 46.6 Å². The van der Waals surface area contributed by atoms with E-state index in [-0.39, 0.29) is 12.0 Å². The molecule has 0 saturated heterocycles. The summed E-state index contributed by atoms with van der Waals surface area (Å²) < 4.78 is 5.19. The minimum absolute atomic E-state index is 0.189. The number of benzene rings is 1. The Bertz CT molecular complexity index is 381. The number of nitrogens with one attached hydrogen (secondary N) is 1. The van der Waals surface area contributed by atoms with Gasteiger partial charge in [0.05, 0.1) is 6.61 Å². The smallest absolute Gasteiger partial charge is 0.328 e. The molecule has 1 N–H and O–H groups in total. The van der Waals surface area contributed by atoms with Gasteiger partial charge in [0, 0.05) is 5.69 Å². The molecule has 1 rings (SSSR count). The molecule has 3 nitrogen and oxygen atoms in total. The van der Waals surface area contributed by atoms with Crippen LogP contribution in [-0.4, -0.2) is 18.6 Å². The normalized spacial score (nSPS) is 12.0. The number of carbonyl (C=O) groups is 1. The molecule has 0 aromatic heterocycles. The highest BCUT2D eigenvalue weighted by atomic mass is 16.5. The molecule has 0 radical (unpaired) electrons. The lowest BCUT2D eigenvalue weighted by Gasteiger charge is -2.18. The molecule has 1 unspecified atom stereocenters. The Kier molecular flexibility index (Phi) is 5.69. The van der Waals surface area contributed by atoms with Crippen molar-refractivity contribution in [3.63, 3.8) is 0 Å². The van der Waals surface area contributed by atoms with Crippen LogP contribution in [0.4, 0.5) is 5.69 Å². The van der Waals surface area contributed by atoms with Crippen molar-refractivity contribution < 1.29 is 9.53 Å². The third kappa shape index (κ3) is 4.06. The molecule has 3 heteroatoms. The Balaban J connectivity index is 2.58. The number of aryl methyl sites for hydroxylation is 2. The van der Waals surface area contributed by atoms with E-state index in [0.29, 0.717) is 6.61 Å². The van der Waals surface area contributed by atoms with E-state index in [9.17, 15) is 4.79 Å². The quantitative estimate of drug-likeness (QED) is 0.620. The summed E-state index contributed by atoms with van der Waals surface area (Å²) in [5.41, 5.74) is 3.31. The van der Waals surface area contributed by atoms with Gasteiger partial charge in [-0.25, -0.2) is 4.79 Å². The molecular formula is C15H23NO2. The first-order valence-electron chi connectivity index (χ1n) is 6.55. The van der Waals surface area contributed by atoms with E-state index in [4.69, 9.17) is 4.74 Å². The first-order valence-corrected chi connectivity index (χ1v) is 6.55. The number of unbranched alkanes of at least 4 members (excludes halogenated alkanes) is 1. The van der Waals surface area contributed by atoms with Gasteiger partial charge in [0.2, 0.25) is 0 Å². The lowest BCUT2D eigenvalue weighted by molar-refractivity contribution is -0.144. The van der Waals surface area contributed by atoms with E-state index in [2.05, 4.69) is 12.2 Å². The van der Waals surface area contributed by atoms with Crippen LogP contribution in [0.1, 0.15) is 37.8 Å². The van der Waals surface area contributed by atoms with Crippen LogP contribution in [-0.2, 0) is 9.53 Å². The van der Waals surface area contributed by atoms with Crippen LogP contribution in [0.5, 0.6) is 0 Å².